The Balaban J connectivity index is 2.37. The molecule has 58 valence electrons. The lowest BCUT2D eigenvalue weighted by molar-refractivity contribution is -0.174. The molecule has 1 aliphatic rings. The van der Waals surface area contributed by atoms with Crippen molar-refractivity contribution in [2.45, 2.75) is 24.9 Å². The predicted octanol–water partition coefficient (Wildman–Crippen LogP) is 0.879. The van der Waals surface area contributed by atoms with Crippen LogP contribution in [0.3, 0.4) is 0 Å². The molecule has 10 heavy (non-hydrogen) atoms. The molecular weight excluding hydrogens is 144 g/mol. The van der Waals surface area contributed by atoms with Gasteiger partial charge < -0.3 is 10.5 Å². The quantitative estimate of drug-likeness (QED) is 0.604. The molecule has 3 nitrogen and oxygen atoms in total. The number of primary amides is 1. The lowest BCUT2D eigenvalue weighted by Gasteiger charge is -2.34. The Kier molecular flexibility index (Phi) is 1.50. The molecule has 1 saturated carbocycles. The number of alkyl halides is 2. The van der Waals surface area contributed by atoms with Gasteiger partial charge in [-0.05, 0) is 6.42 Å². The zero-order chi connectivity index (χ0) is 7.78. The van der Waals surface area contributed by atoms with Crippen LogP contribution in [0.2, 0.25) is 0 Å². The van der Waals surface area contributed by atoms with Crippen LogP contribution in [0.1, 0.15) is 12.8 Å². The summed E-state index contributed by atoms with van der Waals surface area (Å²) in [5.41, 5.74) is 4.53. The third-order valence-electron chi connectivity index (χ3n) is 1.47. The minimum atomic E-state index is -2.85. The van der Waals surface area contributed by atoms with Crippen LogP contribution in [0.4, 0.5) is 13.6 Å². The molecule has 0 radical (unpaired) electrons. The molecule has 0 heterocycles. The minimum absolute atomic E-state index is 0.204. The van der Waals surface area contributed by atoms with Crippen molar-refractivity contribution < 1.29 is 18.3 Å². The van der Waals surface area contributed by atoms with Gasteiger partial charge in [-0.2, -0.15) is 0 Å². The summed E-state index contributed by atoms with van der Waals surface area (Å²) in [5, 5.41) is 0. The number of carbonyl (C=O) groups is 1. The van der Waals surface area contributed by atoms with Crippen LogP contribution in [-0.4, -0.2) is 18.1 Å². The van der Waals surface area contributed by atoms with Gasteiger partial charge in [0.05, 0.1) is 0 Å². The number of ether oxygens (including phenoxy) is 1. The third kappa shape index (κ3) is 1.17. The molecule has 2 N–H and O–H groups in total. The molecule has 0 aromatic heterocycles. The molecule has 0 bridgehead atoms. The lowest BCUT2D eigenvalue weighted by Crippen LogP contribution is -2.47. The fraction of sp³-hybridized carbons (Fsp3) is 0.800. The van der Waals surface area contributed by atoms with Gasteiger partial charge in [0.2, 0.25) is 0 Å². The maximum Gasteiger partial charge on any atom is 0.404 e. The van der Waals surface area contributed by atoms with Crippen molar-refractivity contribution in [2.75, 3.05) is 0 Å². The second-order valence-corrected chi connectivity index (χ2v) is 2.23. The van der Waals surface area contributed by atoms with E-state index >= 15 is 0 Å². The second kappa shape index (κ2) is 2.07. The summed E-state index contributed by atoms with van der Waals surface area (Å²) in [4.78, 5) is 9.96. The molecule has 5 heteroatoms. The maximum atomic E-state index is 12.2. The van der Waals surface area contributed by atoms with E-state index in [1.807, 2.05) is 0 Å². The van der Waals surface area contributed by atoms with Gasteiger partial charge >= 0.3 is 6.09 Å². The topological polar surface area (TPSA) is 52.3 Å². The van der Waals surface area contributed by atoms with E-state index in [9.17, 15) is 13.6 Å². The minimum Gasteiger partial charge on any atom is -0.440 e. The molecule has 1 unspecified atom stereocenters. The Hall–Kier alpha value is -0.870. The SMILES string of the molecule is NC(=O)OC1CCC1(F)F. The van der Waals surface area contributed by atoms with Gasteiger partial charge in [0.25, 0.3) is 5.92 Å². The third-order valence-corrected chi connectivity index (χ3v) is 1.47. The highest BCUT2D eigenvalue weighted by atomic mass is 19.3. The molecule has 0 spiro atoms. The summed E-state index contributed by atoms with van der Waals surface area (Å²) in [6, 6.07) is 0. The van der Waals surface area contributed by atoms with Crippen LogP contribution in [0.5, 0.6) is 0 Å². The van der Waals surface area contributed by atoms with E-state index in [-0.39, 0.29) is 12.8 Å². The van der Waals surface area contributed by atoms with Gasteiger partial charge in [-0.3, -0.25) is 0 Å². The first-order valence-electron chi connectivity index (χ1n) is 2.86. The highest BCUT2D eigenvalue weighted by Crippen LogP contribution is 2.39. The second-order valence-electron chi connectivity index (χ2n) is 2.23. The summed E-state index contributed by atoms with van der Waals surface area (Å²) in [5.74, 6) is -2.85. The summed E-state index contributed by atoms with van der Waals surface area (Å²) in [6.07, 6.45) is -2.43. The first kappa shape index (κ1) is 7.24. The molecule has 1 rings (SSSR count). The largest absolute Gasteiger partial charge is 0.440 e. The van der Waals surface area contributed by atoms with Crippen molar-refractivity contribution in [2.24, 2.45) is 5.73 Å². The molecule has 0 aromatic carbocycles. The van der Waals surface area contributed by atoms with Gasteiger partial charge in [0.15, 0.2) is 6.10 Å². The number of nitrogens with two attached hydrogens (primary N) is 1. The van der Waals surface area contributed by atoms with Crippen molar-refractivity contribution in [1.29, 1.82) is 0 Å². The number of carbonyl (C=O) groups excluding carboxylic acids is 1. The van der Waals surface area contributed by atoms with Crippen LogP contribution in [0.15, 0.2) is 0 Å². The summed E-state index contributed by atoms with van der Waals surface area (Å²) in [7, 11) is 0. The smallest absolute Gasteiger partial charge is 0.404 e. The summed E-state index contributed by atoms with van der Waals surface area (Å²) < 4.78 is 28.6. The van der Waals surface area contributed by atoms with Crippen molar-refractivity contribution in [3.63, 3.8) is 0 Å². The van der Waals surface area contributed by atoms with Gasteiger partial charge in [-0.1, -0.05) is 0 Å². The van der Waals surface area contributed by atoms with Gasteiger partial charge in [0.1, 0.15) is 0 Å². The van der Waals surface area contributed by atoms with Gasteiger partial charge in [0, 0.05) is 6.42 Å². The fourth-order valence-corrected chi connectivity index (χ4v) is 0.766. The van der Waals surface area contributed by atoms with Crippen LogP contribution < -0.4 is 5.73 Å². The van der Waals surface area contributed by atoms with E-state index < -0.39 is 18.1 Å². The van der Waals surface area contributed by atoms with Crippen LogP contribution in [0, 0.1) is 0 Å². The number of amides is 1. The standard InChI is InChI=1S/C5H7F2NO2/c6-5(7)2-1-3(5)10-4(8)9/h3H,1-2H2,(H2,8,9). The Morgan fingerprint density at radius 1 is 1.70 bits per heavy atom. The van der Waals surface area contributed by atoms with Gasteiger partial charge in [-0.15, -0.1) is 0 Å². The van der Waals surface area contributed by atoms with E-state index in [1.165, 1.54) is 0 Å². The molecule has 0 aromatic rings. The lowest BCUT2D eigenvalue weighted by atomic mass is 9.91. The zero-order valence-electron chi connectivity index (χ0n) is 5.14. The van der Waals surface area contributed by atoms with Gasteiger partial charge in [-0.25, -0.2) is 13.6 Å². The van der Waals surface area contributed by atoms with E-state index in [4.69, 9.17) is 0 Å². The molecule has 1 aliphatic carbocycles. The molecule has 1 fully saturated rings. The first-order valence-corrected chi connectivity index (χ1v) is 2.86. The summed E-state index contributed by atoms with van der Waals surface area (Å²) in [6.45, 7) is 0. The van der Waals surface area contributed by atoms with Crippen molar-refractivity contribution in [3.05, 3.63) is 0 Å². The fourth-order valence-electron chi connectivity index (χ4n) is 0.766. The Bertz CT molecular complexity index is 160. The average molecular weight is 151 g/mol. The molecule has 1 amide bonds. The Morgan fingerprint density at radius 3 is 2.40 bits per heavy atom. The maximum absolute atomic E-state index is 12.2. The van der Waals surface area contributed by atoms with Crippen LogP contribution in [0.25, 0.3) is 0 Å². The Labute approximate surface area is 56.1 Å². The van der Waals surface area contributed by atoms with Crippen LogP contribution >= 0.6 is 0 Å². The zero-order valence-corrected chi connectivity index (χ0v) is 5.14. The van der Waals surface area contributed by atoms with E-state index in [0.717, 1.165) is 0 Å². The molecular formula is C5H7F2NO2. The molecule has 0 aliphatic heterocycles. The molecule has 0 saturated heterocycles. The monoisotopic (exact) mass is 151 g/mol. The predicted molar refractivity (Wildman–Crippen MR) is 28.6 cm³/mol. The van der Waals surface area contributed by atoms with E-state index in [0.29, 0.717) is 0 Å². The van der Waals surface area contributed by atoms with Crippen molar-refractivity contribution >= 4 is 6.09 Å². The number of halogens is 2. The average Bonchev–Trinajstić information content (AvgIpc) is 1.81. The van der Waals surface area contributed by atoms with Crippen molar-refractivity contribution in [1.82, 2.24) is 0 Å². The highest BCUT2D eigenvalue weighted by Gasteiger charge is 2.50. The van der Waals surface area contributed by atoms with E-state index in [1.54, 1.807) is 0 Å². The van der Waals surface area contributed by atoms with Crippen LogP contribution in [-0.2, 0) is 4.74 Å². The molecule has 1 atom stereocenters. The highest BCUT2D eigenvalue weighted by molar-refractivity contribution is 5.65. The Morgan fingerprint density at radius 2 is 2.30 bits per heavy atom. The summed E-state index contributed by atoms with van der Waals surface area (Å²) >= 11 is 0. The van der Waals surface area contributed by atoms with Crippen molar-refractivity contribution in [3.8, 4) is 0 Å². The van der Waals surface area contributed by atoms with E-state index in [2.05, 4.69) is 10.5 Å². The normalized spacial score (nSPS) is 28.8. The number of hydrogen-bond acceptors (Lipinski definition) is 2. The number of hydrogen-bond donors (Lipinski definition) is 1. The number of rotatable bonds is 1. The first-order chi connectivity index (χ1) is 4.52.